The Balaban J connectivity index is 1.91. The topological polar surface area (TPSA) is 69.6 Å². The number of likely N-dealkylation sites (tertiary alicyclic amines) is 1. The molecule has 2 N–H and O–H groups in total. The summed E-state index contributed by atoms with van der Waals surface area (Å²) in [5.41, 5.74) is 0. The number of urea groups is 1. The van der Waals surface area contributed by atoms with E-state index in [1.807, 2.05) is 0 Å². The first kappa shape index (κ1) is 15.1. The number of amides is 2. The third kappa shape index (κ3) is 3.64. The van der Waals surface area contributed by atoms with Crippen molar-refractivity contribution in [1.29, 1.82) is 0 Å². The first-order chi connectivity index (χ1) is 9.61. The normalized spacial score (nSPS) is 30.2. The number of aliphatic carboxylic acids is 1. The summed E-state index contributed by atoms with van der Waals surface area (Å²) in [7, 11) is 0. The monoisotopic (exact) mass is 282 g/mol. The third-order valence-electron chi connectivity index (χ3n) is 4.79. The van der Waals surface area contributed by atoms with Crippen LogP contribution >= 0.6 is 0 Å². The van der Waals surface area contributed by atoms with E-state index in [0.717, 1.165) is 25.7 Å². The molecular formula is C15H26N2O3. The second-order valence-electron chi connectivity index (χ2n) is 6.10. The Morgan fingerprint density at radius 2 is 1.95 bits per heavy atom. The van der Waals surface area contributed by atoms with Crippen molar-refractivity contribution in [2.24, 2.45) is 5.92 Å². The molecule has 0 spiro atoms. The van der Waals surface area contributed by atoms with Crippen molar-refractivity contribution in [1.82, 2.24) is 10.2 Å². The summed E-state index contributed by atoms with van der Waals surface area (Å²) in [6.45, 7) is 2.87. The zero-order valence-corrected chi connectivity index (χ0v) is 12.3. The van der Waals surface area contributed by atoms with E-state index in [4.69, 9.17) is 5.11 Å². The maximum Gasteiger partial charge on any atom is 0.317 e. The molecule has 1 heterocycles. The van der Waals surface area contributed by atoms with Crippen LogP contribution < -0.4 is 5.32 Å². The molecule has 2 rings (SSSR count). The molecule has 5 heteroatoms. The van der Waals surface area contributed by atoms with E-state index in [-0.39, 0.29) is 24.5 Å². The van der Waals surface area contributed by atoms with Gasteiger partial charge >= 0.3 is 12.0 Å². The molecule has 3 unspecified atom stereocenters. The van der Waals surface area contributed by atoms with Gasteiger partial charge in [0.05, 0.1) is 6.42 Å². The second kappa shape index (κ2) is 6.95. The van der Waals surface area contributed by atoms with Crippen LogP contribution in [0.5, 0.6) is 0 Å². The van der Waals surface area contributed by atoms with Crippen LogP contribution in [0.25, 0.3) is 0 Å². The molecular weight excluding hydrogens is 256 g/mol. The highest BCUT2D eigenvalue weighted by molar-refractivity contribution is 5.76. The largest absolute Gasteiger partial charge is 0.481 e. The summed E-state index contributed by atoms with van der Waals surface area (Å²) in [4.78, 5) is 25.0. The zero-order chi connectivity index (χ0) is 14.5. The number of carboxylic acid groups (broad SMARTS) is 1. The molecule has 1 aliphatic carbocycles. The molecule has 0 aromatic carbocycles. The number of nitrogens with zero attached hydrogens (tertiary/aromatic N) is 1. The number of carbonyl (C=O) groups is 2. The van der Waals surface area contributed by atoms with Gasteiger partial charge in [0.15, 0.2) is 0 Å². The smallest absolute Gasteiger partial charge is 0.317 e. The van der Waals surface area contributed by atoms with Gasteiger partial charge in [-0.25, -0.2) is 4.79 Å². The standard InChI is InChI=1S/C15H26N2O3/c1-2-11-6-3-4-8-13(11)16-15(20)17-9-5-7-12(17)10-14(18)19/h11-13H,2-10H2,1H3,(H,16,20)(H,18,19). The summed E-state index contributed by atoms with van der Waals surface area (Å²) in [6.07, 6.45) is 7.57. The van der Waals surface area contributed by atoms with Crippen LogP contribution in [0, 0.1) is 5.92 Å². The summed E-state index contributed by atoms with van der Waals surface area (Å²) in [6, 6.07) is 0.0857. The fourth-order valence-corrected chi connectivity index (χ4v) is 3.64. The Morgan fingerprint density at radius 3 is 2.65 bits per heavy atom. The highest BCUT2D eigenvalue weighted by Crippen LogP contribution is 2.27. The minimum Gasteiger partial charge on any atom is -0.481 e. The molecule has 114 valence electrons. The molecule has 5 nitrogen and oxygen atoms in total. The lowest BCUT2D eigenvalue weighted by atomic mass is 9.83. The Morgan fingerprint density at radius 1 is 1.20 bits per heavy atom. The quantitative estimate of drug-likeness (QED) is 0.832. The van der Waals surface area contributed by atoms with Gasteiger partial charge in [-0.2, -0.15) is 0 Å². The molecule has 2 fully saturated rings. The lowest BCUT2D eigenvalue weighted by Gasteiger charge is -2.34. The van der Waals surface area contributed by atoms with E-state index in [9.17, 15) is 9.59 Å². The third-order valence-corrected chi connectivity index (χ3v) is 4.79. The van der Waals surface area contributed by atoms with Crippen LogP contribution in [-0.2, 0) is 4.79 Å². The molecule has 0 aromatic heterocycles. The van der Waals surface area contributed by atoms with E-state index in [0.29, 0.717) is 12.5 Å². The number of hydrogen-bond donors (Lipinski definition) is 2. The van der Waals surface area contributed by atoms with Crippen molar-refractivity contribution in [3.63, 3.8) is 0 Å². The maximum absolute atomic E-state index is 12.4. The van der Waals surface area contributed by atoms with Gasteiger partial charge in [0.1, 0.15) is 0 Å². The molecule has 0 aromatic rings. The fourth-order valence-electron chi connectivity index (χ4n) is 3.64. The van der Waals surface area contributed by atoms with E-state index in [2.05, 4.69) is 12.2 Å². The van der Waals surface area contributed by atoms with Crippen molar-refractivity contribution in [2.45, 2.75) is 70.4 Å². The minimum absolute atomic E-state index is 0.0564. The predicted molar refractivity (Wildman–Crippen MR) is 76.5 cm³/mol. The average molecular weight is 282 g/mol. The molecule has 0 bridgehead atoms. The molecule has 2 aliphatic rings. The summed E-state index contributed by atoms with van der Waals surface area (Å²) in [5, 5.41) is 12.1. The SMILES string of the molecule is CCC1CCCCC1NC(=O)N1CCCC1CC(=O)O. The van der Waals surface area contributed by atoms with Gasteiger partial charge in [-0.05, 0) is 31.6 Å². The van der Waals surface area contributed by atoms with Crippen LogP contribution in [0.15, 0.2) is 0 Å². The number of rotatable bonds is 4. The molecule has 1 aliphatic heterocycles. The number of nitrogens with one attached hydrogen (secondary N) is 1. The molecule has 1 saturated heterocycles. The number of carbonyl (C=O) groups excluding carboxylic acids is 1. The minimum atomic E-state index is -0.821. The zero-order valence-electron chi connectivity index (χ0n) is 12.3. The van der Waals surface area contributed by atoms with Crippen LogP contribution in [0.4, 0.5) is 4.79 Å². The Bertz CT molecular complexity index is 359. The van der Waals surface area contributed by atoms with Gasteiger partial charge in [-0.15, -0.1) is 0 Å². The van der Waals surface area contributed by atoms with Crippen LogP contribution in [0.2, 0.25) is 0 Å². The van der Waals surface area contributed by atoms with Crippen LogP contribution in [0.1, 0.15) is 58.3 Å². The Labute approximate surface area is 120 Å². The summed E-state index contributed by atoms with van der Waals surface area (Å²) < 4.78 is 0. The second-order valence-corrected chi connectivity index (χ2v) is 6.10. The predicted octanol–water partition coefficient (Wildman–Crippen LogP) is 2.60. The molecule has 0 radical (unpaired) electrons. The van der Waals surface area contributed by atoms with Crippen molar-refractivity contribution in [3.8, 4) is 0 Å². The first-order valence-corrected chi connectivity index (χ1v) is 7.90. The van der Waals surface area contributed by atoms with Crippen LogP contribution in [0.3, 0.4) is 0 Å². The summed E-state index contributed by atoms with van der Waals surface area (Å²) in [5.74, 6) is -0.243. The van der Waals surface area contributed by atoms with Crippen molar-refractivity contribution in [2.75, 3.05) is 6.54 Å². The van der Waals surface area contributed by atoms with Crippen molar-refractivity contribution < 1.29 is 14.7 Å². The molecule has 3 atom stereocenters. The highest BCUT2D eigenvalue weighted by atomic mass is 16.4. The van der Waals surface area contributed by atoms with Gasteiger partial charge in [0.25, 0.3) is 0 Å². The maximum atomic E-state index is 12.4. The lowest BCUT2D eigenvalue weighted by molar-refractivity contribution is -0.137. The molecule has 2 amide bonds. The highest BCUT2D eigenvalue weighted by Gasteiger charge is 2.33. The lowest BCUT2D eigenvalue weighted by Crippen LogP contribution is -2.50. The molecule has 20 heavy (non-hydrogen) atoms. The van der Waals surface area contributed by atoms with Crippen molar-refractivity contribution in [3.05, 3.63) is 0 Å². The van der Waals surface area contributed by atoms with Gasteiger partial charge in [-0.1, -0.05) is 26.2 Å². The molecule has 1 saturated carbocycles. The average Bonchev–Trinajstić information content (AvgIpc) is 2.86. The summed E-state index contributed by atoms with van der Waals surface area (Å²) >= 11 is 0. The Kier molecular flexibility index (Phi) is 5.26. The van der Waals surface area contributed by atoms with E-state index >= 15 is 0 Å². The van der Waals surface area contributed by atoms with Gasteiger partial charge < -0.3 is 15.3 Å². The first-order valence-electron chi connectivity index (χ1n) is 7.90. The van der Waals surface area contributed by atoms with Gasteiger partial charge in [-0.3, -0.25) is 4.79 Å². The van der Waals surface area contributed by atoms with Gasteiger partial charge in [0.2, 0.25) is 0 Å². The Hall–Kier alpha value is -1.26. The number of hydrogen-bond acceptors (Lipinski definition) is 2. The van der Waals surface area contributed by atoms with E-state index in [1.54, 1.807) is 4.90 Å². The van der Waals surface area contributed by atoms with E-state index in [1.165, 1.54) is 19.3 Å². The van der Waals surface area contributed by atoms with Crippen LogP contribution in [-0.4, -0.2) is 40.6 Å². The number of carboxylic acids is 1. The van der Waals surface area contributed by atoms with Gasteiger partial charge in [0, 0.05) is 18.6 Å². The van der Waals surface area contributed by atoms with E-state index < -0.39 is 5.97 Å². The fraction of sp³-hybridized carbons (Fsp3) is 0.867. The van der Waals surface area contributed by atoms with Crippen molar-refractivity contribution >= 4 is 12.0 Å².